The monoisotopic (exact) mass is 332 g/mol. The van der Waals surface area contributed by atoms with Gasteiger partial charge < -0.3 is 10.6 Å². The summed E-state index contributed by atoms with van der Waals surface area (Å²) in [5, 5.41) is 6.13. The van der Waals surface area contributed by atoms with Gasteiger partial charge in [-0.3, -0.25) is 4.79 Å². The summed E-state index contributed by atoms with van der Waals surface area (Å²) in [4.78, 5) is 12.2. The third kappa shape index (κ3) is 3.61. The SMILES string of the molecule is CCNc1ccc(C(=O)Nc2cc(Br)ccc2C)cc1. The highest BCUT2D eigenvalue weighted by molar-refractivity contribution is 9.10. The number of benzene rings is 2. The van der Waals surface area contributed by atoms with Crippen LogP contribution in [-0.4, -0.2) is 12.5 Å². The summed E-state index contributed by atoms with van der Waals surface area (Å²) in [6.07, 6.45) is 0. The zero-order valence-electron chi connectivity index (χ0n) is 11.5. The average Bonchev–Trinajstić information content (AvgIpc) is 2.44. The number of aryl methyl sites for hydroxylation is 1. The van der Waals surface area contributed by atoms with Crippen molar-refractivity contribution in [3.05, 3.63) is 58.1 Å². The first-order valence-corrected chi connectivity index (χ1v) is 7.31. The summed E-state index contributed by atoms with van der Waals surface area (Å²) in [5.74, 6) is -0.103. The van der Waals surface area contributed by atoms with E-state index in [4.69, 9.17) is 0 Å². The summed E-state index contributed by atoms with van der Waals surface area (Å²) in [6.45, 7) is 4.87. The van der Waals surface area contributed by atoms with Crippen LogP contribution in [0.5, 0.6) is 0 Å². The molecule has 3 nitrogen and oxygen atoms in total. The van der Waals surface area contributed by atoms with Gasteiger partial charge in [-0.2, -0.15) is 0 Å². The quantitative estimate of drug-likeness (QED) is 0.868. The second-order valence-corrected chi connectivity index (χ2v) is 5.44. The van der Waals surface area contributed by atoms with E-state index >= 15 is 0 Å². The van der Waals surface area contributed by atoms with Gasteiger partial charge in [-0.15, -0.1) is 0 Å². The van der Waals surface area contributed by atoms with E-state index in [0.717, 1.165) is 28.0 Å². The van der Waals surface area contributed by atoms with Gasteiger partial charge in [0.05, 0.1) is 0 Å². The molecule has 0 spiro atoms. The molecule has 0 aliphatic rings. The number of halogens is 1. The predicted molar refractivity (Wildman–Crippen MR) is 87.4 cm³/mol. The molecule has 20 heavy (non-hydrogen) atoms. The van der Waals surface area contributed by atoms with Gasteiger partial charge in [-0.1, -0.05) is 22.0 Å². The van der Waals surface area contributed by atoms with Crippen LogP contribution >= 0.6 is 15.9 Å². The van der Waals surface area contributed by atoms with E-state index in [0.29, 0.717) is 5.56 Å². The Kier molecular flexibility index (Phi) is 4.79. The molecule has 2 aromatic carbocycles. The van der Waals surface area contributed by atoms with E-state index < -0.39 is 0 Å². The van der Waals surface area contributed by atoms with Crippen molar-refractivity contribution in [1.82, 2.24) is 0 Å². The van der Waals surface area contributed by atoms with Crippen molar-refractivity contribution in [2.75, 3.05) is 17.2 Å². The van der Waals surface area contributed by atoms with Crippen LogP contribution in [0.3, 0.4) is 0 Å². The van der Waals surface area contributed by atoms with Gasteiger partial charge in [0.15, 0.2) is 0 Å². The van der Waals surface area contributed by atoms with Crippen LogP contribution in [0.2, 0.25) is 0 Å². The largest absolute Gasteiger partial charge is 0.385 e. The Morgan fingerprint density at radius 3 is 2.50 bits per heavy atom. The molecule has 2 rings (SSSR count). The van der Waals surface area contributed by atoms with Crippen molar-refractivity contribution in [2.24, 2.45) is 0 Å². The average molecular weight is 333 g/mol. The van der Waals surface area contributed by atoms with Crippen molar-refractivity contribution in [1.29, 1.82) is 0 Å². The molecule has 2 N–H and O–H groups in total. The zero-order chi connectivity index (χ0) is 14.5. The highest BCUT2D eigenvalue weighted by Crippen LogP contribution is 2.21. The molecule has 4 heteroatoms. The summed E-state index contributed by atoms with van der Waals surface area (Å²) in [6, 6.07) is 13.3. The molecule has 1 amide bonds. The molecule has 0 aromatic heterocycles. The van der Waals surface area contributed by atoms with Crippen LogP contribution in [0.25, 0.3) is 0 Å². The standard InChI is InChI=1S/C16H17BrN2O/c1-3-18-14-8-5-12(6-9-14)16(20)19-15-10-13(17)7-4-11(15)2/h4-10,18H,3H2,1-2H3,(H,19,20). The fraction of sp³-hybridized carbons (Fsp3) is 0.188. The van der Waals surface area contributed by atoms with Crippen molar-refractivity contribution in [3.63, 3.8) is 0 Å². The lowest BCUT2D eigenvalue weighted by atomic mass is 10.1. The highest BCUT2D eigenvalue weighted by Gasteiger charge is 2.08. The molecule has 0 unspecified atom stereocenters. The van der Waals surface area contributed by atoms with Crippen LogP contribution in [-0.2, 0) is 0 Å². The summed E-state index contributed by atoms with van der Waals surface area (Å²) in [7, 11) is 0. The number of hydrogen-bond donors (Lipinski definition) is 2. The fourth-order valence-electron chi connectivity index (χ4n) is 1.87. The van der Waals surface area contributed by atoms with Crippen molar-refractivity contribution in [2.45, 2.75) is 13.8 Å². The summed E-state index contributed by atoms with van der Waals surface area (Å²) >= 11 is 3.41. The topological polar surface area (TPSA) is 41.1 Å². The second-order valence-electron chi connectivity index (χ2n) is 4.52. The molecule has 0 aliphatic carbocycles. The Morgan fingerprint density at radius 1 is 1.15 bits per heavy atom. The van der Waals surface area contributed by atoms with Crippen LogP contribution in [0.15, 0.2) is 46.9 Å². The summed E-state index contributed by atoms with van der Waals surface area (Å²) < 4.78 is 0.945. The number of hydrogen-bond acceptors (Lipinski definition) is 2. The van der Waals surface area contributed by atoms with Gasteiger partial charge in [0, 0.05) is 28.0 Å². The molecule has 104 valence electrons. The minimum absolute atomic E-state index is 0.103. The minimum atomic E-state index is -0.103. The van der Waals surface area contributed by atoms with Gasteiger partial charge in [0.2, 0.25) is 0 Å². The molecule has 0 atom stereocenters. The van der Waals surface area contributed by atoms with Gasteiger partial charge in [0.25, 0.3) is 5.91 Å². The normalized spacial score (nSPS) is 10.2. The lowest BCUT2D eigenvalue weighted by Gasteiger charge is -2.09. The lowest BCUT2D eigenvalue weighted by Crippen LogP contribution is -2.12. The van der Waals surface area contributed by atoms with Crippen molar-refractivity contribution >= 4 is 33.2 Å². The Morgan fingerprint density at radius 2 is 1.85 bits per heavy atom. The molecular formula is C16H17BrN2O. The molecule has 2 aromatic rings. The second kappa shape index (κ2) is 6.57. The first-order chi connectivity index (χ1) is 9.60. The van der Waals surface area contributed by atoms with Crippen molar-refractivity contribution in [3.8, 4) is 0 Å². The van der Waals surface area contributed by atoms with Gasteiger partial charge in [-0.25, -0.2) is 0 Å². The highest BCUT2D eigenvalue weighted by atomic mass is 79.9. The first-order valence-electron chi connectivity index (χ1n) is 6.51. The smallest absolute Gasteiger partial charge is 0.255 e. The van der Waals surface area contributed by atoms with Crippen LogP contribution < -0.4 is 10.6 Å². The number of carbonyl (C=O) groups is 1. The van der Waals surface area contributed by atoms with Gasteiger partial charge in [0.1, 0.15) is 0 Å². The molecule has 0 saturated carbocycles. The van der Waals surface area contributed by atoms with E-state index in [1.54, 1.807) is 0 Å². The van der Waals surface area contributed by atoms with Gasteiger partial charge in [-0.05, 0) is 55.8 Å². The van der Waals surface area contributed by atoms with E-state index in [-0.39, 0.29) is 5.91 Å². The fourth-order valence-corrected chi connectivity index (χ4v) is 2.23. The van der Waals surface area contributed by atoms with Crippen molar-refractivity contribution < 1.29 is 4.79 Å². The van der Waals surface area contributed by atoms with E-state index in [2.05, 4.69) is 26.6 Å². The number of rotatable bonds is 4. The minimum Gasteiger partial charge on any atom is -0.385 e. The Balaban J connectivity index is 2.13. The Labute approximate surface area is 127 Å². The number of nitrogens with one attached hydrogen (secondary N) is 2. The molecule has 0 bridgehead atoms. The van der Waals surface area contributed by atoms with Crippen LogP contribution in [0.4, 0.5) is 11.4 Å². The summed E-state index contributed by atoms with van der Waals surface area (Å²) in [5.41, 5.74) is 3.51. The maximum Gasteiger partial charge on any atom is 0.255 e. The molecular weight excluding hydrogens is 316 g/mol. The van der Waals surface area contributed by atoms with E-state index in [9.17, 15) is 4.79 Å². The maximum absolute atomic E-state index is 12.2. The zero-order valence-corrected chi connectivity index (χ0v) is 13.1. The number of carbonyl (C=O) groups excluding carboxylic acids is 1. The first kappa shape index (κ1) is 14.6. The van der Waals surface area contributed by atoms with Gasteiger partial charge >= 0.3 is 0 Å². The Hall–Kier alpha value is -1.81. The van der Waals surface area contributed by atoms with E-state index in [1.807, 2.05) is 56.3 Å². The molecule has 0 aliphatic heterocycles. The molecule has 0 heterocycles. The number of anilines is 2. The van der Waals surface area contributed by atoms with Crippen LogP contribution in [0, 0.1) is 6.92 Å². The third-order valence-corrected chi connectivity index (χ3v) is 3.47. The third-order valence-electron chi connectivity index (χ3n) is 2.98. The molecule has 0 saturated heterocycles. The maximum atomic E-state index is 12.2. The van der Waals surface area contributed by atoms with E-state index in [1.165, 1.54) is 0 Å². The van der Waals surface area contributed by atoms with Crippen LogP contribution in [0.1, 0.15) is 22.8 Å². The number of amides is 1. The Bertz CT molecular complexity index is 608. The molecule has 0 radical (unpaired) electrons. The lowest BCUT2D eigenvalue weighted by molar-refractivity contribution is 0.102. The molecule has 0 fully saturated rings. The predicted octanol–water partition coefficient (Wildman–Crippen LogP) is 4.44.